The monoisotopic (exact) mass is 461 g/mol. The highest BCUT2D eigenvalue weighted by Crippen LogP contribution is 2.14. The Kier molecular flexibility index (Phi) is 8.76. The van der Waals surface area contributed by atoms with Crippen molar-refractivity contribution in [3.8, 4) is 5.75 Å². The molecule has 0 aliphatic heterocycles. The highest BCUT2D eigenvalue weighted by atomic mass is 16.5. The van der Waals surface area contributed by atoms with Gasteiger partial charge >= 0.3 is 0 Å². The van der Waals surface area contributed by atoms with Crippen LogP contribution in [0.5, 0.6) is 5.75 Å². The van der Waals surface area contributed by atoms with Crippen molar-refractivity contribution in [3.63, 3.8) is 0 Å². The van der Waals surface area contributed by atoms with E-state index in [1.165, 1.54) is 0 Å². The summed E-state index contributed by atoms with van der Waals surface area (Å²) in [5, 5.41) is 2.80. The Hall–Kier alpha value is -4.17. The largest absolute Gasteiger partial charge is 0.491 e. The lowest BCUT2D eigenvalue weighted by Crippen LogP contribution is -2.41. The fourth-order valence-corrected chi connectivity index (χ4v) is 3.05. The number of aryl methyl sites for hydroxylation is 1. The number of hydrazine groups is 1. The van der Waals surface area contributed by atoms with Crippen molar-refractivity contribution >= 4 is 23.4 Å². The SMILES string of the molecule is CCOCCOc1ccc(C(=O)NNC(=O)c2ccc(NC(=O)c3ccccc3C)cc2)cc1. The van der Waals surface area contributed by atoms with Crippen LogP contribution in [0.25, 0.3) is 0 Å². The van der Waals surface area contributed by atoms with Crippen LogP contribution in [-0.4, -0.2) is 37.5 Å². The van der Waals surface area contributed by atoms with Crippen LogP contribution in [0.3, 0.4) is 0 Å². The Morgan fingerprint density at radius 1 is 0.735 bits per heavy atom. The normalized spacial score (nSPS) is 10.3. The zero-order valence-electron chi connectivity index (χ0n) is 19.1. The van der Waals surface area contributed by atoms with E-state index in [2.05, 4.69) is 16.2 Å². The van der Waals surface area contributed by atoms with E-state index < -0.39 is 11.8 Å². The number of carbonyl (C=O) groups is 3. The first kappa shape index (κ1) is 24.5. The molecule has 0 aliphatic carbocycles. The lowest BCUT2D eigenvalue weighted by molar-refractivity contribution is 0.0846. The quantitative estimate of drug-likeness (QED) is 0.333. The molecule has 3 rings (SSSR count). The van der Waals surface area contributed by atoms with E-state index >= 15 is 0 Å². The third-order valence-electron chi connectivity index (χ3n) is 4.90. The highest BCUT2D eigenvalue weighted by Gasteiger charge is 2.11. The Morgan fingerprint density at radius 3 is 1.91 bits per heavy atom. The molecule has 34 heavy (non-hydrogen) atoms. The molecule has 0 bridgehead atoms. The summed E-state index contributed by atoms with van der Waals surface area (Å²) in [5.74, 6) is -0.555. The summed E-state index contributed by atoms with van der Waals surface area (Å²) in [6.45, 7) is 5.31. The number of ether oxygens (including phenoxy) is 2. The minimum absolute atomic E-state index is 0.228. The average Bonchev–Trinajstić information content (AvgIpc) is 2.86. The Balaban J connectivity index is 1.48. The molecule has 3 aromatic rings. The Bertz CT molecular complexity index is 1130. The van der Waals surface area contributed by atoms with Crippen molar-refractivity contribution in [1.82, 2.24) is 10.9 Å². The number of anilines is 1. The minimum atomic E-state index is -0.485. The fourth-order valence-electron chi connectivity index (χ4n) is 3.05. The number of rotatable bonds is 9. The molecule has 0 unspecified atom stereocenters. The van der Waals surface area contributed by atoms with Crippen LogP contribution in [-0.2, 0) is 4.74 Å². The molecule has 0 atom stereocenters. The first-order valence-corrected chi connectivity index (χ1v) is 10.9. The number of hydrogen-bond donors (Lipinski definition) is 3. The number of nitrogens with one attached hydrogen (secondary N) is 3. The molecule has 3 amide bonds. The molecule has 0 spiro atoms. The molecule has 0 saturated carbocycles. The predicted molar refractivity (Wildman–Crippen MR) is 129 cm³/mol. The van der Waals surface area contributed by atoms with Gasteiger partial charge < -0.3 is 14.8 Å². The van der Waals surface area contributed by atoms with Gasteiger partial charge in [0.1, 0.15) is 12.4 Å². The Labute approximate surface area is 198 Å². The van der Waals surface area contributed by atoms with E-state index in [0.29, 0.717) is 47.9 Å². The summed E-state index contributed by atoms with van der Waals surface area (Å²) in [5.41, 5.74) is 7.46. The summed E-state index contributed by atoms with van der Waals surface area (Å²) in [6.07, 6.45) is 0. The molecule has 3 aromatic carbocycles. The lowest BCUT2D eigenvalue weighted by Gasteiger charge is -2.10. The van der Waals surface area contributed by atoms with Crippen molar-refractivity contribution in [2.45, 2.75) is 13.8 Å². The summed E-state index contributed by atoms with van der Waals surface area (Å²) in [6, 6.07) is 20.2. The van der Waals surface area contributed by atoms with Gasteiger partial charge in [0, 0.05) is 29.0 Å². The van der Waals surface area contributed by atoms with E-state index in [4.69, 9.17) is 9.47 Å². The zero-order valence-corrected chi connectivity index (χ0v) is 19.1. The minimum Gasteiger partial charge on any atom is -0.491 e. The van der Waals surface area contributed by atoms with Gasteiger partial charge in [-0.25, -0.2) is 0 Å². The molecule has 0 saturated heterocycles. The second-order valence-corrected chi connectivity index (χ2v) is 7.32. The van der Waals surface area contributed by atoms with Crippen LogP contribution >= 0.6 is 0 Å². The van der Waals surface area contributed by atoms with Crippen molar-refractivity contribution in [1.29, 1.82) is 0 Å². The fraction of sp³-hybridized carbons (Fsp3) is 0.192. The van der Waals surface area contributed by atoms with Crippen molar-refractivity contribution < 1.29 is 23.9 Å². The third kappa shape index (κ3) is 6.91. The van der Waals surface area contributed by atoms with Crippen LogP contribution in [0.15, 0.2) is 72.8 Å². The molecule has 3 N–H and O–H groups in total. The third-order valence-corrected chi connectivity index (χ3v) is 4.90. The maximum Gasteiger partial charge on any atom is 0.269 e. The Morgan fingerprint density at radius 2 is 1.32 bits per heavy atom. The number of hydrogen-bond acceptors (Lipinski definition) is 5. The predicted octanol–water partition coefficient (Wildman–Crippen LogP) is 3.74. The molecule has 0 aliphatic rings. The van der Waals surface area contributed by atoms with Crippen LogP contribution in [0, 0.1) is 6.92 Å². The highest BCUT2D eigenvalue weighted by molar-refractivity contribution is 6.05. The van der Waals surface area contributed by atoms with Gasteiger partial charge in [-0.3, -0.25) is 25.2 Å². The molecular weight excluding hydrogens is 434 g/mol. The molecular formula is C26H27N3O5. The smallest absolute Gasteiger partial charge is 0.269 e. The standard InChI is InChI=1S/C26H27N3O5/c1-3-33-16-17-34-22-14-10-20(11-15-22)25(31)29-28-24(30)19-8-12-21(13-9-19)27-26(32)23-7-5-4-6-18(23)2/h4-15H,3,16-17H2,1-2H3,(H,27,32)(H,28,30)(H,29,31). The maximum atomic E-state index is 12.4. The van der Waals surface area contributed by atoms with Gasteiger partial charge in [-0.15, -0.1) is 0 Å². The first-order valence-electron chi connectivity index (χ1n) is 10.9. The molecule has 0 aromatic heterocycles. The van der Waals surface area contributed by atoms with E-state index in [0.717, 1.165) is 5.56 Å². The van der Waals surface area contributed by atoms with Gasteiger partial charge in [-0.05, 0) is 74.0 Å². The van der Waals surface area contributed by atoms with Gasteiger partial charge in [-0.2, -0.15) is 0 Å². The van der Waals surface area contributed by atoms with E-state index in [-0.39, 0.29) is 5.91 Å². The van der Waals surface area contributed by atoms with Crippen LogP contribution in [0.2, 0.25) is 0 Å². The summed E-state index contributed by atoms with van der Waals surface area (Å²) >= 11 is 0. The maximum absolute atomic E-state index is 12.4. The first-order chi connectivity index (χ1) is 16.5. The van der Waals surface area contributed by atoms with Gasteiger partial charge in [0.05, 0.1) is 6.61 Å². The molecule has 0 radical (unpaired) electrons. The average molecular weight is 462 g/mol. The molecule has 8 heteroatoms. The number of carbonyl (C=O) groups excluding carboxylic acids is 3. The molecule has 176 valence electrons. The van der Waals surface area contributed by atoms with Gasteiger partial charge in [-0.1, -0.05) is 18.2 Å². The summed E-state index contributed by atoms with van der Waals surface area (Å²) < 4.78 is 10.7. The lowest BCUT2D eigenvalue weighted by atomic mass is 10.1. The van der Waals surface area contributed by atoms with Crippen molar-refractivity contribution in [2.24, 2.45) is 0 Å². The van der Waals surface area contributed by atoms with E-state index in [1.807, 2.05) is 26.0 Å². The number of amides is 3. The zero-order chi connectivity index (χ0) is 24.3. The van der Waals surface area contributed by atoms with Crippen LogP contribution in [0.1, 0.15) is 43.6 Å². The van der Waals surface area contributed by atoms with Gasteiger partial charge in [0.15, 0.2) is 0 Å². The summed E-state index contributed by atoms with van der Waals surface area (Å²) in [7, 11) is 0. The van der Waals surface area contributed by atoms with Gasteiger partial charge in [0.2, 0.25) is 0 Å². The topological polar surface area (TPSA) is 106 Å². The summed E-state index contributed by atoms with van der Waals surface area (Å²) in [4.78, 5) is 37.1. The van der Waals surface area contributed by atoms with E-state index in [9.17, 15) is 14.4 Å². The van der Waals surface area contributed by atoms with Crippen LogP contribution < -0.4 is 20.9 Å². The van der Waals surface area contributed by atoms with Crippen LogP contribution in [0.4, 0.5) is 5.69 Å². The van der Waals surface area contributed by atoms with Gasteiger partial charge in [0.25, 0.3) is 17.7 Å². The van der Waals surface area contributed by atoms with Crippen molar-refractivity contribution in [2.75, 3.05) is 25.1 Å². The second-order valence-electron chi connectivity index (χ2n) is 7.32. The van der Waals surface area contributed by atoms with E-state index in [1.54, 1.807) is 60.7 Å². The molecule has 0 heterocycles. The molecule has 0 fully saturated rings. The second kappa shape index (κ2) is 12.2. The molecule has 8 nitrogen and oxygen atoms in total. The number of benzene rings is 3. The van der Waals surface area contributed by atoms with Crippen molar-refractivity contribution in [3.05, 3.63) is 95.1 Å².